The summed E-state index contributed by atoms with van der Waals surface area (Å²) in [6.07, 6.45) is 0.744. The van der Waals surface area contributed by atoms with Crippen LogP contribution in [0.4, 0.5) is 5.00 Å². The molecule has 0 saturated heterocycles. The van der Waals surface area contributed by atoms with Gasteiger partial charge in [-0.2, -0.15) is 0 Å². The normalized spacial score (nSPS) is 9.55. The Labute approximate surface area is 68.4 Å². The summed E-state index contributed by atoms with van der Waals surface area (Å²) in [5.41, 5.74) is 6.60. The lowest BCUT2D eigenvalue weighted by molar-refractivity contribution is 0.112. The van der Waals surface area contributed by atoms with E-state index in [1.807, 2.05) is 0 Å². The monoisotopic (exact) mass is 168 g/mol. The second kappa shape index (κ2) is 2.84. The van der Waals surface area contributed by atoms with Crippen molar-refractivity contribution >= 4 is 28.3 Å². The number of hydrogen-bond acceptors (Lipinski definition) is 4. The predicted octanol–water partition coefficient (Wildman–Crippen LogP) is 1.53. The van der Waals surface area contributed by atoms with Crippen LogP contribution in [0.1, 0.15) is 22.2 Å². The summed E-state index contributed by atoms with van der Waals surface area (Å²) < 4.78 is 0. The van der Waals surface area contributed by atoms with Crippen molar-refractivity contribution < 1.29 is 4.79 Å². The molecule has 4 heteroatoms. The molecule has 58 valence electrons. The Morgan fingerprint density at radius 1 is 1.82 bits per heavy atom. The van der Waals surface area contributed by atoms with Crippen LogP contribution < -0.4 is 5.73 Å². The van der Waals surface area contributed by atoms with E-state index in [-0.39, 0.29) is 0 Å². The van der Waals surface area contributed by atoms with Crippen LogP contribution in [0.15, 0.2) is 6.07 Å². The van der Waals surface area contributed by atoms with E-state index in [4.69, 9.17) is 11.1 Å². The van der Waals surface area contributed by atoms with Crippen molar-refractivity contribution in [2.75, 3.05) is 5.73 Å². The molecule has 0 saturated carbocycles. The topological polar surface area (TPSA) is 66.9 Å². The molecule has 0 aliphatic rings. The summed E-state index contributed by atoms with van der Waals surface area (Å²) in [6, 6.07) is 1.63. The highest BCUT2D eigenvalue weighted by molar-refractivity contribution is 7.17. The second-order valence-corrected chi connectivity index (χ2v) is 3.28. The van der Waals surface area contributed by atoms with Gasteiger partial charge >= 0.3 is 0 Å². The van der Waals surface area contributed by atoms with Crippen LogP contribution in [0.25, 0.3) is 0 Å². The van der Waals surface area contributed by atoms with Crippen molar-refractivity contribution in [1.29, 1.82) is 5.41 Å². The molecule has 0 amide bonds. The standard InChI is InChI=1S/C7H8N2OS/c1-4(8)6-2-5(3-10)11-7(6)9/h2-3,8H,9H2,1H3. The first-order valence-corrected chi connectivity index (χ1v) is 3.87. The first kappa shape index (κ1) is 7.94. The van der Waals surface area contributed by atoms with Crippen molar-refractivity contribution in [3.05, 3.63) is 16.5 Å². The van der Waals surface area contributed by atoms with Crippen molar-refractivity contribution in [1.82, 2.24) is 0 Å². The number of anilines is 1. The SMILES string of the molecule is CC(=N)c1cc(C=O)sc1N. The summed E-state index contributed by atoms with van der Waals surface area (Å²) in [7, 11) is 0. The summed E-state index contributed by atoms with van der Waals surface area (Å²) in [5, 5.41) is 7.82. The Bertz CT molecular complexity index is 303. The molecular weight excluding hydrogens is 160 g/mol. The van der Waals surface area contributed by atoms with Gasteiger partial charge in [0.05, 0.1) is 9.88 Å². The summed E-state index contributed by atoms with van der Waals surface area (Å²) in [6.45, 7) is 1.65. The molecule has 0 aromatic carbocycles. The Morgan fingerprint density at radius 3 is 2.73 bits per heavy atom. The molecule has 1 aromatic rings. The van der Waals surface area contributed by atoms with E-state index >= 15 is 0 Å². The maximum absolute atomic E-state index is 10.3. The molecule has 0 radical (unpaired) electrons. The van der Waals surface area contributed by atoms with Gasteiger partial charge in [0.1, 0.15) is 0 Å². The first-order valence-electron chi connectivity index (χ1n) is 3.05. The largest absolute Gasteiger partial charge is 0.390 e. The molecule has 0 spiro atoms. The third-order valence-electron chi connectivity index (χ3n) is 1.30. The molecule has 11 heavy (non-hydrogen) atoms. The van der Waals surface area contributed by atoms with Crippen LogP contribution in [0.5, 0.6) is 0 Å². The Hall–Kier alpha value is -1.16. The minimum atomic E-state index is 0.395. The van der Waals surface area contributed by atoms with Gasteiger partial charge in [0.15, 0.2) is 6.29 Å². The van der Waals surface area contributed by atoms with Gasteiger partial charge in [-0.25, -0.2) is 0 Å². The highest BCUT2D eigenvalue weighted by Crippen LogP contribution is 2.23. The fourth-order valence-electron chi connectivity index (χ4n) is 0.776. The maximum atomic E-state index is 10.3. The average molecular weight is 168 g/mol. The zero-order chi connectivity index (χ0) is 8.43. The van der Waals surface area contributed by atoms with E-state index in [1.165, 1.54) is 11.3 Å². The van der Waals surface area contributed by atoms with Gasteiger partial charge in [-0.3, -0.25) is 4.79 Å². The highest BCUT2D eigenvalue weighted by Gasteiger charge is 2.06. The van der Waals surface area contributed by atoms with Crippen LogP contribution in [-0.2, 0) is 0 Å². The van der Waals surface area contributed by atoms with E-state index in [1.54, 1.807) is 13.0 Å². The molecule has 0 fully saturated rings. The third kappa shape index (κ3) is 1.46. The van der Waals surface area contributed by atoms with Crippen LogP contribution in [0, 0.1) is 5.41 Å². The van der Waals surface area contributed by atoms with Gasteiger partial charge < -0.3 is 11.1 Å². The zero-order valence-electron chi connectivity index (χ0n) is 6.05. The smallest absolute Gasteiger partial charge is 0.160 e. The number of nitrogens with one attached hydrogen (secondary N) is 1. The van der Waals surface area contributed by atoms with Gasteiger partial charge in [-0.15, -0.1) is 11.3 Å². The zero-order valence-corrected chi connectivity index (χ0v) is 6.87. The van der Waals surface area contributed by atoms with Gasteiger partial charge in [-0.05, 0) is 13.0 Å². The van der Waals surface area contributed by atoms with Crippen molar-refractivity contribution in [3.63, 3.8) is 0 Å². The first-order chi connectivity index (χ1) is 5.15. The molecule has 0 atom stereocenters. The highest BCUT2D eigenvalue weighted by atomic mass is 32.1. The molecule has 3 N–H and O–H groups in total. The molecular formula is C7H8N2OS. The van der Waals surface area contributed by atoms with E-state index < -0.39 is 0 Å². The van der Waals surface area contributed by atoms with Crippen molar-refractivity contribution in [3.8, 4) is 0 Å². The minimum absolute atomic E-state index is 0.395. The number of carbonyl (C=O) groups excluding carboxylic acids is 1. The number of hydrogen-bond donors (Lipinski definition) is 2. The summed E-state index contributed by atoms with van der Waals surface area (Å²) in [5.74, 6) is 0. The van der Waals surface area contributed by atoms with E-state index in [0.717, 1.165) is 6.29 Å². The molecule has 0 aliphatic heterocycles. The van der Waals surface area contributed by atoms with Gasteiger partial charge in [0, 0.05) is 11.3 Å². The number of rotatable bonds is 2. The molecule has 1 heterocycles. The van der Waals surface area contributed by atoms with Crippen LogP contribution >= 0.6 is 11.3 Å². The maximum Gasteiger partial charge on any atom is 0.160 e. The van der Waals surface area contributed by atoms with Crippen molar-refractivity contribution in [2.45, 2.75) is 6.92 Å². The van der Waals surface area contributed by atoms with E-state index in [2.05, 4.69) is 0 Å². The quantitative estimate of drug-likeness (QED) is 0.519. The van der Waals surface area contributed by atoms with Crippen LogP contribution in [0.2, 0.25) is 0 Å². The average Bonchev–Trinajstić information content (AvgIpc) is 2.30. The number of nitrogen functional groups attached to an aromatic ring is 1. The fourth-order valence-corrected chi connectivity index (χ4v) is 1.58. The molecule has 1 rings (SSSR count). The fraction of sp³-hybridized carbons (Fsp3) is 0.143. The molecule has 1 aromatic heterocycles. The summed E-state index contributed by atoms with van der Waals surface area (Å²) in [4.78, 5) is 10.9. The molecule has 0 unspecified atom stereocenters. The Kier molecular flexibility index (Phi) is 2.05. The number of thiophene rings is 1. The van der Waals surface area contributed by atoms with E-state index in [9.17, 15) is 4.79 Å². The second-order valence-electron chi connectivity index (χ2n) is 2.17. The number of carbonyl (C=O) groups is 1. The van der Waals surface area contributed by atoms with Crippen molar-refractivity contribution in [2.24, 2.45) is 0 Å². The third-order valence-corrected chi connectivity index (χ3v) is 2.19. The minimum Gasteiger partial charge on any atom is -0.390 e. The van der Waals surface area contributed by atoms with Crippen LogP contribution in [-0.4, -0.2) is 12.0 Å². The van der Waals surface area contributed by atoms with Crippen LogP contribution in [0.3, 0.4) is 0 Å². The molecule has 0 bridgehead atoms. The lowest BCUT2D eigenvalue weighted by atomic mass is 10.2. The number of aldehydes is 1. The van der Waals surface area contributed by atoms with Gasteiger partial charge in [0.25, 0.3) is 0 Å². The van der Waals surface area contributed by atoms with E-state index in [0.29, 0.717) is 21.2 Å². The Morgan fingerprint density at radius 2 is 2.45 bits per heavy atom. The summed E-state index contributed by atoms with van der Waals surface area (Å²) >= 11 is 1.21. The molecule has 0 aliphatic carbocycles. The predicted molar refractivity (Wildman–Crippen MR) is 46.6 cm³/mol. The number of nitrogens with two attached hydrogens (primary N) is 1. The lowest BCUT2D eigenvalue weighted by Crippen LogP contribution is -1.93. The lowest BCUT2D eigenvalue weighted by Gasteiger charge is -1.91. The molecule has 3 nitrogen and oxygen atoms in total. The van der Waals surface area contributed by atoms with Gasteiger partial charge in [0.2, 0.25) is 0 Å². The van der Waals surface area contributed by atoms with Gasteiger partial charge in [-0.1, -0.05) is 0 Å². The Balaban J connectivity index is 3.16.